The second kappa shape index (κ2) is 8.11. The zero-order valence-corrected chi connectivity index (χ0v) is 15.9. The van der Waals surface area contributed by atoms with Gasteiger partial charge in [-0.05, 0) is 57.7 Å². The first kappa shape index (κ1) is 18.9. The van der Waals surface area contributed by atoms with Crippen molar-refractivity contribution in [3.8, 4) is 0 Å². The van der Waals surface area contributed by atoms with Crippen molar-refractivity contribution in [1.82, 2.24) is 4.98 Å². The van der Waals surface area contributed by atoms with Gasteiger partial charge in [-0.25, -0.2) is 8.42 Å². The first-order valence-electron chi connectivity index (χ1n) is 8.86. The molecule has 2 rings (SSSR count). The number of unbranched alkanes of at least 4 members (excludes halogenated alkanes) is 4. The number of hydrogen-bond acceptors (Lipinski definition) is 3. The highest BCUT2D eigenvalue weighted by molar-refractivity contribution is 7.92. The number of aryl methyl sites for hydroxylation is 1. The highest BCUT2D eigenvalue weighted by Crippen LogP contribution is 2.20. The molecule has 0 fully saturated rings. The molecule has 132 valence electrons. The zero-order valence-electron chi connectivity index (χ0n) is 15.1. The lowest BCUT2D eigenvalue weighted by atomic mass is 10.0. The van der Waals surface area contributed by atoms with Crippen molar-refractivity contribution in [2.75, 3.05) is 5.75 Å². The average molecular weight is 348 g/mol. The third-order valence-corrected chi connectivity index (χ3v) is 7.22. The van der Waals surface area contributed by atoms with Crippen molar-refractivity contribution < 1.29 is 8.42 Å². The van der Waals surface area contributed by atoms with Crippen LogP contribution in [0.15, 0.2) is 36.5 Å². The molecule has 0 aliphatic rings. The van der Waals surface area contributed by atoms with E-state index in [-0.39, 0.29) is 0 Å². The molecule has 1 heterocycles. The summed E-state index contributed by atoms with van der Waals surface area (Å²) in [6, 6.07) is 10.4. The molecule has 1 aromatic carbocycles. The maximum atomic E-state index is 12.0. The van der Waals surface area contributed by atoms with Crippen LogP contribution in [0.4, 0.5) is 0 Å². The van der Waals surface area contributed by atoms with Gasteiger partial charge in [0, 0.05) is 11.6 Å². The molecule has 0 radical (unpaired) electrons. The number of aromatic nitrogens is 1. The molecule has 0 amide bonds. The minimum atomic E-state index is -2.96. The van der Waals surface area contributed by atoms with Crippen LogP contribution in [-0.4, -0.2) is 23.9 Å². The molecule has 0 unspecified atom stereocenters. The van der Waals surface area contributed by atoms with Crippen LogP contribution in [0.2, 0.25) is 0 Å². The third kappa shape index (κ3) is 5.04. The molecule has 0 N–H and O–H groups in total. The van der Waals surface area contributed by atoms with Crippen molar-refractivity contribution in [1.29, 1.82) is 0 Å². The second-order valence-electron chi connectivity index (χ2n) is 7.44. The van der Waals surface area contributed by atoms with Gasteiger partial charge in [0.15, 0.2) is 9.84 Å². The summed E-state index contributed by atoms with van der Waals surface area (Å²) < 4.78 is 23.5. The van der Waals surface area contributed by atoms with Gasteiger partial charge in [-0.15, -0.1) is 0 Å². The molecule has 4 heteroatoms. The second-order valence-corrected chi connectivity index (χ2v) is 10.3. The van der Waals surface area contributed by atoms with Crippen molar-refractivity contribution in [3.63, 3.8) is 0 Å². The van der Waals surface area contributed by atoms with E-state index in [0.717, 1.165) is 44.0 Å². The first-order valence-corrected chi connectivity index (χ1v) is 10.5. The Labute approximate surface area is 146 Å². The van der Waals surface area contributed by atoms with E-state index < -0.39 is 14.6 Å². The van der Waals surface area contributed by atoms with Crippen molar-refractivity contribution >= 4 is 20.7 Å². The first-order chi connectivity index (χ1) is 11.3. The molecular weight excluding hydrogens is 318 g/mol. The van der Waals surface area contributed by atoms with E-state index in [0.29, 0.717) is 5.75 Å². The zero-order chi connectivity index (χ0) is 17.6. The van der Waals surface area contributed by atoms with E-state index in [9.17, 15) is 8.42 Å². The van der Waals surface area contributed by atoms with Crippen molar-refractivity contribution in [3.05, 3.63) is 42.1 Å². The maximum absolute atomic E-state index is 12.0. The van der Waals surface area contributed by atoms with Crippen LogP contribution in [0.1, 0.15) is 58.4 Å². The quantitative estimate of drug-likeness (QED) is 0.635. The normalized spacial score (nSPS) is 12.6. The van der Waals surface area contributed by atoms with E-state index in [1.807, 2.05) is 12.3 Å². The summed E-state index contributed by atoms with van der Waals surface area (Å²) >= 11 is 0. The molecule has 0 atom stereocenters. The highest BCUT2D eigenvalue weighted by atomic mass is 32.2. The number of fused-ring (bicyclic) bond motifs is 1. The number of sulfone groups is 1. The fourth-order valence-electron chi connectivity index (χ4n) is 2.83. The van der Waals surface area contributed by atoms with Gasteiger partial charge in [-0.1, -0.05) is 37.5 Å². The van der Waals surface area contributed by atoms with Gasteiger partial charge in [0.2, 0.25) is 0 Å². The fraction of sp³-hybridized carbons (Fsp3) is 0.550. The van der Waals surface area contributed by atoms with Gasteiger partial charge in [0.1, 0.15) is 0 Å². The molecule has 2 aromatic rings. The van der Waals surface area contributed by atoms with E-state index in [1.165, 1.54) is 10.9 Å². The Balaban J connectivity index is 1.70. The highest BCUT2D eigenvalue weighted by Gasteiger charge is 2.27. The van der Waals surface area contributed by atoms with Gasteiger partial charge in [0.25, 0.3) is 0 Å². The topological polar surface area (TPSA) is 47.0 Å². The lowest BCUT2D eigenvalue weighted by molar-refractivity contribution is 0.552. The van der Waals surface area contributed by atoms with E-state index in [4.69, 9.17) is 0 Å². The summed E-state index contributed by atoms with van der Waals surface area (Å²) in [4.78, 5) is 4.40. The Kier molecular flexibility index (Phi) is 6.39. The fourth-order valence-corrected chi connectivity index (χ4v) is 4.03. The van der Waals surface area contributed by atoms with Crippen LogP contribution in [0.3, 0.4) is 0 Å². The summed E-state index contributed by atoms with van der Waals surface area (Å²) in [5.41, 5.74) is 2.42. The van der Waals surface area contributed by atoms with Crippen molar-refractivity contribution in [2.45, 2.75) is 64.0 Å². The smallest absolute Gasteiger partial charge is 0.155 e. The standard InChI is InChI=1S/C20H29NO2S/c1-20(2,3)24(22,23)16-8-6-4-5-7-11-17-12-9-14-19-18(17)13-10-15-21-19/h9-10,12-15H,4-8,11,16H2,1-3H3. The van der Waals surface area contributed by atoms with Crippen LogP contribution < -0.4 is 0 Å². The van der Waals surface area contributed by atoms with E-state index in [2.05, 4.69) is 29.2 Å². The molecule has 0 spiro atoms. The van der Waals surface area contributed by atoms with Gasteiger partial charge < -0.3 is 0 Å². The molecule has 1 aromatic heterocycles. The number of hydrogen-bond donors (Lipinski definition) is 0. The van der Waals surface area contributed by atoms with Crippen LogP contribution in [0.25, 0.3) is 10.9 Å². The number of rotatable bonds is 8. The minimum Gasteiger partial charge on any atom is -0.256 e. The summed E-state index contributed by atoms with van der Waals surface area (Å²) in [5.74, 6) is 0.311. The molecule has 24 heavy (non-hydrogen) atoms. The lowest BCUT2D eigenvalue weighted by Gasteiger charge is -2.18. The predicted molar refractivity (Wildman–Crippen MR) is 102 cm³/mol. The van der Waals surface area contributed by atoms with Crippen LogP contribution in [0, 0.1) is 0 Å². The van der Waals surface area contributed by atoms with Crippen LogP contribution in [-0.2, 0) is 16.3 Å². The lowest BCUT2D eigenvalue weighted by Crippen LogP contribution is -2.30. The summed E-state index contributed by atoms with van der Waals surface area (Å²) in [7, 11) is -2.96. The van der Waals surface area contributed by atoms with E-state index >= 15 is 0 Å². The van der Waals surface area contributed by atoms with Crippen molar-refractivity contribution in [2.24, 2.45) is 0 Å². The number of pyridine rings is 1. The number of nitrogens with zero attached hydrogens (tertiary/aromatic N) is 1. The molecule has 0 aliphatic heterocycles. The predicted octanol–water partition coefficient (Wildman–Crippen LogP) is 4.94. The SMILES string of the molecule is CC(C)(C)S(=O)(=O)CCCCCCCc1cccc2ncccc12. The van der Waals surface area contributed by atoms with Gasteiger partial charge in [-0.3, -0.25) is 4.98 Å². The summed E-state index contributed by atoms with van der Waals surface area (Å²) in [5, 5.41) is 1.25. The van der Waals surface area contributed by atoms with Crippen LogP contribution in [0.5, 0.6) is 0 Å². The molecular formula is C20H29NO2S. The van der Waals surface area contributed by atoms with E-state index in [1.54, 1.807) is 20.8 Å². The van der Waals surface area contributed by atoms with Gasteiger partial charge in [-0.2, -0.15) is 0 Å². The average Bonchev–Trinajstić information content (AvgIpc) is 2.53. The molecule has 0 bridgehead atoms. The molecule has 3 nitrogen and oxygen atoms in total. The third-order valence-electron chi connectivity index (χ3n) is 4.53. The Morgan fingerprint density at radius 3 is 2.38 bits per heavy atom. The molecule has 0 aliphatic carbocycles. The number of benzene rings is 1. The summed E-state index contributed by atoms with van der Waals surface area (Å²) in [6.07, 6.45) is 8.04. The monoisotopic (exact) mass is 347 g/mol. The maximum Gasteiger partial charge on any atom is 0.155 e. The molecule has 0 saturated carbocycles. The summed E-state index contributed by atoms with van der Waals surface area (Å²) in [6.45, 7) is 5.34. The van der Waals surface area contributed by atoms with Gasteiger partial charge >= 0.3 is 0 Å². The van der Waals surface area contributed by atoms with Crippen LogP contribution >= 0.6 is 0 Å². The largest absolute Gasteiger partial charge is 0.256 e. The Bertz CT molecular complexity index is 755. The Morgan fingerprint density at radius 2 is 1.62 bits per heavy atom. The minimum absolute atomic E-state index is 0.311. The van der Waals surface area contributed by atoms with Gasteiger partial charge in [0.05, 0.1) is 16.0 Å². The molecule has 0 saturated heterocycles. The Morgan fingerprint density at radius 1 is 0.917 bits per heavy atom. The Hall–Kier alpha value is -1.42.